The molecule has 6 nitrogen and oxygen atoms in total. The molecule has 0 bridgehead atoms. The number of unbranched alkanes of at least 4 members (excludes halogenated alkanes) is 2. The van der Waals surface area contributed by atoms with Crippen molar-refractivity contribution in [1.29, 1.82) is 0 Å². The maximum atomic E-state index is 12.2. The van der Waals surface area contributed by atoms with Gasteiger partial charge in [-0.2, -0.15) is 0 Å². The molecule has 0 aromatic carbocycles. The monoisotopic (exact) mass is 323 g/mol. The van der Waals surface area contributed by atoms with Gasteiger partial charge >= 0.3 is 5.97 Å². The second kappa shape index (κ2) is 7.79. The number of methoxy groups -OCH3 is 1. The van der Waals surface area contributed by atoms with Crippen LogP contribution in [0.2, 0.25) is 5.02 Å². The van der Waals surface area contributed by atoms with Crippen molar-refractivity contribution in [2.75, 3.05) is 13.7 Å². The minimum atomic E-state index is -0.478. The first-order valence-electron chi connectivity index (χ1n) is 7.09. The summed E-state index contributed by atoms with van der Waals surface area (Å²) >= 11 is 6.12. The molecule has 0 radical (unpaired) electrons. The first-order valence-corrected chi connectivity index (χ1v) is 7.47. The van der Waals surface area contributed by atoms with E-state index in [9.17, 15) is 4.79 Å². The second-order valence-electron chi connectivity index (χ2n) is 4.64. The fourth-order valence-electron chi connectivity index (χ4n) is 1.89. The van der Waals surface area contributed by atoms with Crippen molar-refractivity contribution in [1.82, 2.24) is 14.8 Å². The van der Waals surface area contributed by atoms with Gasteiger partial charge < -0.3 is 9.47 Å². The number of pyridine rings is 1. The van der Waals surface area contributed by atoms with Gasteiger partial charge in [-0.1, -0.05) is 31.4 Å². The molecule has 0 spiro atoms. The van der Waals surface area contributed by atoms with Crippen molar-refractivity contribution >= 4 is 17.6 Å². The van der Waals surface area contributed by atoms with E-state index < -0.39 is 5.97 Å². The normalized spacial score (nSPS) is 10.5. The summed E-state index contributed by atoms with van der Waals surface area (Å²) in [6.45, 7) is 2.46. The van der Waals surface area contributed by atoms with Crippen molar-refractivity contribution < 1.29 is 14.3 Å². The first kappa shape index (κ1) is 16.3. The molecule has 0 saturated carbocycles. The summed E-state index contributed by atoms with van der Waals surface area (Å²) in [4.78, 5) is 16.4. The predicted octanol–water partition coefficient (Wildman–Crippen LogP) is 3.28. The number of halogens is 1. The Balaban J connectivity index is 2.25. The van der Waals surface area contributed by atoms with Crippen LogP contribution in [0.5, 0.6) is 5.88 Å². The molecule has 2 aromatic rings. The molecule has 0 saturated heterocycles. The quantitative estimate of drug-likeness (QED) is 0.578. The van der Waals surface area contributed by atoms with Gasteiger partial charge in [0.15, 0.2) is 11.5 Å². The highest BCUT2D eigenvalue weighted by Crippen LogP contribution is 2.22. The standard InChI is InChI=1S/C15H18ClN3O3/c1-3-4-5-9-22-15(20)12-10-13(21-2)18-19(12)14-11(16)7-6-8-17-14/h6-8,10H,3-5,9H2,1-2H3. The lowest BCUT2D eigenvalue weighted by Gasteiger charge is -2.07. The van der Waals surface area contributed by atoms with Gasteiger partial charge in [-0.05, 0) is 18.6 Å². The van der Waals surface area contributed by atoms with Gasteiger partial charge in [-0.25, -0.2) is 14.5 Å². The van der Waals surface area contributed by atoms with Crippen LogP contribution in [0.3, 0.4) is 0 Å². The number of aromatic nitrogens is 3. The summed E-state index contributed by atoms with van der Waals surface area (Å²) in [6, 6.07) is 4.89. The Morgan fingerprint density at radius 2 is 2.23 bits per heavy atom. The number of ether oxygens (including phenoxy) is 2. The number of carbonyl (C=O) groups is 1. The minimum absolute atomic E-state index is 0.231. The molecule has 22 heavy (non-hydrogen) atoms. The van der Waals surface area contributed by atoms with E-state index in [-0.39, 0.29) is 5.69 Å². The molecule has 0 aliphatic rings. The Labute approximate surface area is 134 Å². The summed E-state index contributed by atoms with van der Waals surface area (Å²) in [5.74, 6) is 0.170. The van der Waals surface area contributed by atoms with Crippen LogP contribution < -0.4 is 4.74 Å². The van der Waals surface area contributed by atoms with Crippen LogP contribution in [0, 0.1) is 0 Å². The minimum Gasteiger partial charge on any atom is -0.480 e. The average molecular weight is 324 g/mol. The highest BCUT2D eigenvalue weighted by Gasteiger charge is 2.20. The van der Waals surface area contributed by atoms with Gasteiger partial charge in [-0.15, -0.1) is 5.10 Å². The topological polar surface area (TPSA) is 66.2 Å². The van der Waals surface area contributed by atoms with Crippen molar-refractivity contribution in [3.05, 3.63) is 35.1 Å². The van der Waals surface area contributed by atoms with Crippen molar-refractivity contribution in [2.24, 2.45) is 0 Å². The molecule has 2 rings (SSSR count). The predicted molar refractivity (Wildman–Crippen MR) is 82.7 cm³/mol. The zero-order valence-corrected chi connectivity index (χ0v) is 13.3. The Kier molecular flexibility index (Phi) is 5.77. The molecule has 0 aliphatic carbocycles. The summed E-state index contributed by atoms with van der Waals surface area (Å²) in [6.07, 6.45) is 4.48. The Bertz CT molecular complexity index is 643. The highest BCUT2D eigenvalue weighted by atomic mass is 35.5. The van der Waals surface area contributed by atoms with E-state index in [2.05, 4.69) is 17.0 Å². The summed E-state index contributed by atoms with van der Waals surface area (Å²) in [5, 5.41) is 4.55. The van der Waals surface area contributed by atoms with Gasteiger partial charge in [-0.3, -0.25) is 0 Å². The average Bonchev–Trinajstić information content (AvgIpc) is 2.96. The lowest BCUT2D eigenvalue weighted by Crippen LogP contribution is -2.14. The highest BCUT2D eigenvalue weighted by molar-refractivity contribution is 6.32. The largest absolute Gasteiger partial charge is 0.480 e. The summed E-state index contributed by atoms with van der Waals surface area (Å²) in [7, 11) is 1.48. The molecule has 0 aliphatic heterocycles. The molecule has 118 valence electrons. The SMILES string of the molecule is CCCCCOC(=O)c1cc(OC)nn1-c1ncccc1Cl. The lowest BCUT2D eigenvalue weighted by molar-refractivity contribution is 0.0487. The molecule has 0 atom stereocenters. The Morgan fingerprint density at radius 3 is 2.91 bits per heavy atom. The van der Waals surface area contributed by atoms with E-state index in [1.54, 1.807) is 18.3 Å². The lowest BCUT2D eigenvalue weighted by atomic mass is 10.3. The third-order valence-electron chi connectivity index (χ3n) is 3.03. The van der Waals surface area contributed by atoms with Gasteiger partial charge in [0.05, 0.1) is 18.7 Å². The van der Waals surface area contributed by atoms with Crippen molar-refractivity contribution in [3.8, 4) is 11.7 Å². The van der Waals surface area contributed by atoms with Gasteiger partial charge in [0.1, 0.15) is 0 Å². The zero-order chi connectivity index (χ0) is 15.9. The number of rotatable bonds is 7. The van der Waals surface area contributed by atoms with E-state index in [1.807, 2.05) is 0 Å². The third-order valence-corrected chi connectivity index (χ3v) is 3.32. The molecule has 0 N–H and O–H groups in total. The van der Waals surface area contributed by atoms with Gasteiger partial charge in [0.2, 0.25) is 5.88 Å². The third kappa shape index (κ3) is 3.76. The summed E-state index contributed by atoms with van der Waals surface area (Å²) < 4.78 is 11.7. The number of carbonyl (C=O) groups excluding carboxylic acids is 1. The van der Waals surface area contributed by atoms with Crippen LogP contribution in [-0.2, 0) is 4.74 Å². The maximum Gasteiger partial charge on any atom is 0.357 e. The fourth-order valence-corrected chi connectivity index (χ4v) is 2.09. The summed E-state index contributed by atoms with van der Waals surface area (Å²) in [5.41, 5.74) is 0.231. The molecule has 0 amide bonds. The zero-order valence-electron chi connectivity index (χ0n) is 12.6. The Morgan fingerprint density at radius 1 is 1.41 bits per heavy atom. The number of hydrogen-bond donors (Lipinski definition) is 0. The number of hydrogen-bond acceptors (Lipinski definition) is 5. The fraction of sp³-hybridized carbons (Fsp3) is 0.400. The van der Waals surface area contributed by atoms with E-state index in [4.69, 9.17) is 21.1 Å². The van der Waals surface area contributed by atoms with Gasteiger partial charge in [0, 0.05) is 12.3 Å². The van der Waals surface area contributed by atoms with Gasteiger partial charge in [0.25, 0.3) is 0 Å². The molecular weight excluding hydrogens is 306 g/mol. The Hall–Kier alpha value is -2.08. The number of nitrogens with zero attached hydrogens (tertiary/aromatic N) is 3. The van der Waals surface area contributed by atoms with E-state index in [0.29, 0.717) is 23.3 Å². The number of esters is 1. The van der Waals surface area contributed by atoms with Crippen LogP contribution >= 0.6 is 11.6 Å². The first-order chi connectivity index (χ1) is 10.7. The van der Waals surface area contributed by atoms with Crippen molar-refractivity contribution in [3.63, 3.8) is 0 Å². The smallest absolute Gasteiger partial charge is 0.357 e. The van der Waals surface area contributed by atoms with E-state index >= 15 is 0 Å². The van der Waals surface area contributed by atoms with Crippen LogP contribution in [0.15, 0.2) is 24.4 Å². The molecule has 2 aromatic heterocycles. The van der Waals surface area contributed by atoms with Crippen molar-refractivity contribution in [2.45, 2.75) is 26.2 Å². The van der Waals surface area contributed by atoms with Crippen LogP contribution in [0.25, 0.3) is 5.82 Å². The molecule has 0 unspecified atom stereocenters. The van der Waals surface area contributed by atoms with E-state index in [1.165, 1.54) is 17.9 Å². The van der Waals surface area contributed by atoms with Crippen LogP contribution in [0.1, 0.15) is 36.7 Å². The second-order valence-corrected chi connectivity index (χ2v) is 5.04. The maximum absolute atomic E-state index is 12.2. The molecule has 2 heterocycles. The van der Waals surface area contributed by atoms with E-state index in [0.717, 1.165) is 19.3 Å². The molecule has 7 heteroatoms. The molecular formula is C15H18ClN3O3. The molecule has 0 fully saturated rings. The van der Waals surface area contributed by atoms with Crippen LogP contribution in [0.4, 0.5) is 0 Å². The van der Waals surface area contributed by atoms with Crippen LogP contribution in [-0.4, -0.2) is 34.5 Å².